The molecule has 2 N–H and O–H groups in total. The zero-order valence-electron chi connectivity index (χ0n) is 19.2. The molecule has 3 heterocycles. The summed E-state index contributed by atoms with van der Waals surface area (Å²) in [6.07, 6.45) is 1.88. The summed E-state index contributed by atoms with van der Waals surface area (Å²) in [4.78, 5) is 30.4. The highest BCUT2D eigenvalue weighted by Crippen LogP contribution is 2.36. The number of benzene rings is 1. The molecule has 1 aromatic carbocycles. The van der Waals surface area contributed by atoms with Crippen LogP contribution in [0.25, 0.3) is 5.69 Å². The number of carbonyl (C=O) groups excluding carboxylic acids is 1. The molecule has 14 heteroatoms. The molecule has 0 atom stereocenters. The van der Waals surface area contributed by atoms with Crippen LogP contribution in [0.1, 0.15) is 34.6 Å². The number of carboxylic acid groups (broad SMARTS) is 1. The lowest BCUT2D eigenvalue weighted by atomic mass is 10.2. The number of hydrogen-bond donors (Lipinski definition) is 2. The number of carboxylic acids is 1. The van der Waals surface area contributed by atoms with Crippen LogP contribution in [-0.2, 0) is 27.9 Å². The summed E-state index contributed by atoms with van der Waals surface area (Å²) < 4.78 is 61.6. The van der Waals surface area contributed by atoms with Crippen LogP contribution < -0.4 is 5.32 Å². The van der Waals surface area contributed by atoms with Gasteiger partial charge in [0.1, 0.15) is 11.2 Å². The van der Waals surface area contributed by atoms with E-state index < -0.39 is 22.2 Å². The fourth-order valence-corrected chi connectivity index (χ4v) is 5.37. The largest absolute Gasteiger partial charge is 0.490 e. The number of sulfonamides is 1. The van der Waals surface area contributed by atoms with Gasteiger partial charge in [-0.1, -0.05) is 18.2 Å². The molecule has 0 radical (unpaired) electrons. The van der Waals surface area contributed by atoms with Crippen molar-refractivity contribution in [2.75, 3.05) is 6.54 Å². The zero-order chi connectivity index (χ0) is 26.8. The Hall–Kier alpha value is -3.78. The highest BCUT2D eigenvalue weighted by molar-refractivity contribution is 7.89. The molecular formula is C23H22F3N5O5S. The zero-order valence-corrected chi connectivity index (χ0v) is 20.0. The van der Waals surface area contributed by atoms with E-state index in [1.54, 1.807) is 41.2 Å². The van der Waals surface area contributed by atoms with E-state index in [-0.39, 0.29) is 23.0 Å². The first-order chi connectivity index (χ1) is 17.5. The van der Waals surface area contributed by atoms with E-state index in [9.17, 15) is 26.4 Å². The van der Waals surface area contributed by atoms with Crippen molar-refractivity contribution in [3.05, 3.63) is 72.1 Å². The molecule has 0 saturated heterocycles. The third-order valence-corrected chi connectivity index (χ3v) is 7.59. The summed E-state index contributed by atoms with van der Waals surface area (Å²) in [5, 5.41) is 9.99. The topological polar surface area (TPSA) is 134 Å². The van der Waals surface area contributed by atoms with Gasteiger partial charge in [0, 0.05) is 25.5 Å². The van der Waals surface area contributed by atoms with Gasteiger partial charge in [-0.25, -0.2) is 18.2 Å². The standard InChI is InChI=1S/C21H21N5O3S.C2HF3O2/c27-21(23-11-16-4-3-9-22-10-16)20-18-13-25(12-15-7-8-15)30(28,29)19-6-2-1-5-17(19)26(18)14-24-20;3-2(4,5)1(6)7/h1-6,9-10,14-15H,7-8,11-13H2,(H,23,27);(H,6,7). The quantitative estimate of drug-likeness (QED) is 0.511. The summed E-state index contributed by atoms with van der Waals surface area (Å²) in [6.45, 7) is 0.890. The number of amides is 1. The molecule has 1 amide bonds. The second kappa shape index (κ2) is 10.3. The van der Waals surface area contributed by atoms with Gasteiger partial charge in [-0.05, 0) is 42.5 Å². The lowest BCUT2D eigenvalue weighted by Crippen LogP contribution is -2.33. The molecular weight excluding hydrogens is 515 g/mol. The smallest absolute Gasteiger partial charge is 0.475 e. The third kappa shape index (κ3) is 5.97. The predicted molar refractivity (Wildman–Crippen MR) is 123 cm³/mol. The van der Waals surface area contributed by atoms with Crippen molar-refractivity contribution in [2.45, 2.75) is 37.0 Å². The van der Waals surface area contributed by atoms with Crippen molar-refractivity contribution in [1.82, 2.24) is 24.2 Å². The molecule has 3 aromatic rings. The van der Waals surface area contributed by atoms with Gasteiger partial charge in [0.05, 0.1) is 17.9 Å². The van der Waals surface area contributed by atoms with Crippen LogP contribution in [0.4, 0.5) is 13.2 Å². The molecule has 1 aliphatic carbocycles. The van der Waals surface area contributed by atoms with Crippen LogP contribution >= 0.6 is 0 Å². The van der Waals surface area contributed by atoms with Crippen molar-refractivity contribution in [2.24, 2.45) is 5.92 Å². The van der Waals surface area contributed by atoms with Crippen LogP contribution in [0.15, 0.2) is 60.0 Å². The number of halogens is 3. The summed E-state index contributed by atoms with van der Waals surface area (Å²) in [5.74, 6) is -2.72. The Morgan fingerprint density at radius 1 is 1.14 bits per heavy atom. The van der Waals surface area contributed by atoms with Gasteiger partial charge in [-0.3, -0.25) is 14.3 Å². The minimum atomic E-state index is -5.08. The van der Waals surface area contributed by atoms with E-state index in [1.165, 1.54) is 10.6 Å². The van der Waals surface area contributed by atoms with Crippen molar-refractivity contribution in [3.63, 3.8) is 0 Å². The third-order valence-electron chi connectivity index (χ3n) is 5.73. The molecule has 37 heavy (non-hydrogen) atoms. The van der Waals surface area contributed by atoms with Gasteiger partial charge >= 0.3 is 12.1 Å². The number of pyridine rings is 1. The van der Waals surface area contributed by atoms with Gasteiger partial charge in [0.2, 0.25) is 10.0 Å². The highest BCUT2D eigenvalue weighted by atomic mass is 32.2. The van der Waals surface area contributed by atoms with Crippen molar-refractivity contribution in [3.8, 4) is 5.69 Å². The maximum Gasteiger partial charge on any atom is 0.490 e. The number of nitrogens with zero attached hydrogens (tertiary/aromatic N) is 4. The van der Waals surface area contributed by atoms with E-state index in [1.807, 2.05) is 12.1 Å². The van der Waals surface area contributed by atoms with Crippen molar-refractivity contribution >= 4 is 21.9 Å². The van der Waals surface area contributed by atoms with Crippen LogP contribution in [-0.4, -0.2) is 57.0 Å². The molecule has 10 nitrogen and oxygen atoms in total. The number of aromatic nitrogens is 3. The first-order valence-electron chi connectivity index (χ1n) is 11.1. The van der Waals surface area contributed by atoms with Gasteiger partial charge in [0.25, 0.3) is 5.91 Å². The first kappa shape index (κ1) is 26.3. The number of alkyl halides is 3. The van der Waals surface area contributed by atoms with Crippen LogP contribution in [0.2, 0.25) is 0 Å². The highest BCUT2D eigenvalue weighted by Gasteiger charge is 2.39. The minimum absolute atomic E-state index is 0.114. The lowest BCUT2D eigenvalue weighted by Gasteiger charge is -2.20. The fraction of sp³-hybridized carbons (Fsp3) is 0.304. The number of imidazole rings is 1. The number of carbonyl (C=O) groups is 2. The molecule has 5 rings (SSSR count). The Kier molecular flexibility index (Phi) is 7.32. The van der Waals surface area contributed by atoms with E-state index in [2.05, 4.69) is 15.3 Å². The second-order valence-electron chi connectivity index (χ2n) is 8.47. The average Bonchev–Trinajstić information content (AvgIpc) is 3.60. The molecule has 1 fully saturated rings. The predicted octanol–water partition coefficient (Wildman–Crippen LogP) is 2.74. The van der Waals surface area contributed by atoms with E-state index in [0.29, 0.717) is 30.4 Å². The Morgan fingerprint density at radius 2 is 1.84 bits per heavy atom. The van der Waals surface area contributed by atoms with Crippen LogP contribution in [0.5, 0.6) is 0 Å². The van der Waals surface area contributed by atoms with E-state index in [4.69, 9.17) is 9.90 Å². The fourth-order valence-electron chi connectivity index (χ4n) is 3.71. The molecule has 196 valence electrons. The van der Waals surface area contributed by atoms with Crippen LogP contribution in [0, 0.1) is 5.92 Å². The molecule has 1 aliphatic heterocycles. The molecule has 0 bridgehead atoms. The van der Waals surface area contributed by atoms with Gasteiger partial charge < -0.3 is 10.4 Å². The second-order valence-corrected chi connectivity index (χ2v) is 10.4. The Bertz CT molecular complexity index is 1410. The SMILES string of the molecule is O=C(NCc1cccnc1)c1ncn2c1CN(CC1CC1)S(=O)(=O)c1ccccc1-2.O=C(O)C(F)(F)F. The molecule has 0 unspecified atom stereocenters. The van der Waals surface area contributed by atoms with E-state index in [0.717, 1.165) is 18.4 Å². The lowest BCUT2D eigenvalue weighted by molar-refractivity contribution is -0.192. The van der Waals surface area contributed by atoms with Crippen molar-refractivity contribution < 1.29 is 36.3 Å². The Morgan fingerprint density at radius 3 is 2.46 bits per heavy atom. The summed E-state index contributed by atoms with van der Waals surface area (Å²) in [7, 11) is -3.66. The number of para-hydroxylation sites is 1. The molecule has 2 aromatic heterocycles. The van der Waals surface area contributed by atoms with Gasteiger partial charge in [-0.15, -0.1) is 0 Å². The monoisotopic (exact) mass is 537 g/mol. The number of aliphatic carboxylic acids is 1. The van der Waals surface area contributed by atoms with Gasteiger partial charge in [0.15, 0.2) is 5.69 Å². The average molecular weight is 538 g/mol. The Labute approximate surface area is 209 Å². The summed E-state index contributed by atoms with van der Waals surface area (Å²) >= 11 is 0. The number of hydrogen-bond acceptors (Lipinski definition) is 6. The first-order valence-corrected chi connectivity index (χ1v) is 12.6. The summed E-state index contributed by atoms with van der Waals surface area (Å²) in [6, 6.07) is 10.5. The number of fused-ring (bicyclic) bond motifs is 3. The normalized spacial score (nSPS) is 16.4. The van der Waals surface area contributed by atoms with Gasteiger partial charge in [-0.2, -0.15) is 17.5 Å². The maximum absolute atomic E-state index is 13.3. The summed E-state index contributed by atoms with van der Waals surface area (Å²) in [5.41, 5.74) is 2.21. The minimum Gasteiger partial charge on any atom is -0.475 e. The number of nitrogens with one attached hydrogen (secondary N) is 1. The van der Waals surface area contributed by atoms with Crippen LogP contribution in [0.3, 0.4) is 0 Å². The molecule has 0 spiro atoms. The number of rotatable bonds is 5. The van der Waals surface area contributed by atoms with Crippen molar-refractivity contribution in [1.29, 1.82) is 0 Å². The molecule has 2 aliphatic rings. The van der Waals surface area contributed by atoms with E-state index >= 15 is 0 Å². The maximum atomic E-state index is 13.3. The molecule has 1 saturated carbocycles. The Balaban J connectivity index is 0.000000405.